The molecule has 3 N–H and O–H groups in total. The summed E-state index contributed by atoms with van der Waals surface area (Å²) in [5, 5.41) is 8.97. The van der Waals surface area contributed by atoms with Crippen LogP contribution in [0.5, 0.6) is 0 Å². The summed E-state index contributed by atoms with van der Waals surface area (Å²) in [5.41, 5.74) is 0.821. The molecule has 2 heterocycles. The van der Waals surface area contributed by atoms with Crippen LogP contribution in [0.15, 0.2) is 47.4 Å². The maximum Gasteiger partial charge on any atom is 0.263 e. The molecule has 1 aliphatic heterocycles. The molecule has 0 spiro atoms. The van der Waals surface area contributed by atoms with E-state index in [2.05, 4.69) is 16.0 Å². The third-order valence-electron chi connectivity index (χ3n) is 5.66. The van der Waals surface area contributed by atoms with Gasteiger partial charge in [0.15, 0.2) is 0 Å². The Hall–Kier alpha value is -2.64. The van der Waals surface area contributed by atoms with Crippen molar-refractivity contribution in [2.75, 3.05) is 26.2 Å². The van der Waals surface area contributed by atoms with Gasteiger partial charge in [0.2, 0.25) is 0 Å². The quantitative estimate of drug-likeness (QED) is 0.501. The van der Waals surface area contributed by atoms with Crippen molar-refractivity contribution in [3.8, 4) is 0 Å². The van der Waals surface area contributed by atoms with Gasteiger partial charge in [-0.15, -0.1) is 12.4 Å². The number of aromatic nitrogens is 1. The fourth-order valence-corrected chi connectivity index (χ4v) is 3.94. The van der Waals surface area contributed by atoms with Gasteiger partial charge in [-0.25, -0.2) is 0 Å². The summed E-state index contributed by atoms with van der Waals surface area (Å²) in [6.07, 6.45) is 5.94. The normalized spacial score (nSPS) is 13.8. The van der Waals surface area contributed by atoms with Crippen molar-refractivity contribution in [1.29, 1.82) is 0 Å². The van der Waals surface area contributed by atoms with E-state index >= 15 is 0 Å². The van der Waals surface area contributed by atoms with Gasteiger partial charge in [0.1, 0.15) is 5.56 Å². The summed E-state index contributed by atoms with van der Waals surface area (Å²) < 4.78 is 1.43. The molecule has 174 valence electrons. The Morgan fingerprint density at radius 2 is 1.81 bits per heavy atom. The van der Waals surface area contributed by atoms with Gasteiger partial charge in [-0.2, -0.15) is 0 Å². The largest absolute Gasteiger partial charge is 0.352 e. The maximum atomic E-state index is 12.9. The minimum Gasteiger partial charge on any atom is -0.352 e. The van der Waals surface area contributed by atoms with Gasteiger partial charge in [-0.1, -0.05) is 30.3 Å². The van der Waals surface area contributed by atoms with Gasteiger partial charge >= 0.3 is 0 Å². The van der Waals surface area contributed by atoms with Crippen molar-refractivity contribution in [3.05, 3.63) is 69.6 Å². The van der Waals surface area contributed by atoms with Crippen LogP contribution in [0.1, 0.15) is 58.9 Å². The van der Waals surface area contributed by atoms with Crippen molar-refractivity contribution in [2.24, 2.45) is 5.92 Å². The Balaban J connectivity index is 0.00000363. The summed E-state index contributed by atoms with van der Waals surface area (Å²) >= 11 is 0. The zero-order valence-corrected chi connectivity index (χ0v) is 19.4. The first-order chi connectivity index (χ1) is 15.1. The van der Waals surface area contributed by atoms with Crippen LogP contribution in [0.3, 0.4) is 0 Å². The minimum absolute atomic E-state index is 0. The van der Waals surface area contributed by atoms with E-state index in [1.165, 1.54) is 23.5 Å². The number of carbonyl (C=O) groups is 2. The van der Waals surface area contributed by atoms with Crippen LogP contribution in [0.25, 0.3) is 0 Å². The van der Waals surface area contributed by atoms with Crippen LogP contribution in [-0.4, -0.2) is 42.6 Å². The average molecular weight is 461 g/mol. The SMILES string of the molecule is CCNC(=O)c1cc(C(=O)NCCCC2CCNCC2)cn(Cc2ccccc2)c1=O.Cl. The number of piperidine rings is 1. The van der Waals surface area contributed by atoms with Crippen LogP contribution in [0, 0.1) is 5.92 Å². The lowest BCUT2D eigenvalue weighted by atomic mass is 9.93. The number of nitrogens with one attached hydrogen (secondary N) is 3. The molecule has 1 saturated heterocycles. The molecule has 7 nitrogen and oxygen atoms in total. The molecule has 1 fully saturated rings. The van der Waals surface area contributed by atoms with Crippen LogP contribution < -0.4 is 21.5 Å². The van der Waals surface area contributed by atoms with Gasteiger partial charge < -0.3 is 20.5 Å². The van der Waals surface area contributed by atoms with E-state index in [0.29, 0.717) is 25.2 Å². The van der Waals surface area contributed by atoms with E-state index in [4.69, 9.17) is 0 Å². The average Bonchev–Trinajstić information content (AvgIpc) is 2.79. The number of nitrogens with zero attached hydrogens (tertiary/aromatic N) is 1. The highest BCUT2D eigenvalue weighted by Crippen LogP contribution is 2.17. The Labute approximate surface area is 195 Å². The van der Waals surface area contributed by atoms with Crippen molar-refractivity contribution in [2.45, 2.75) is 39.2 Å². The fraction of sp³-hybridized carbons (Fsp3) is 0.458. The highest BCUT2D eigenvalue weighted by atomic mass is 35.5. The summed E-state index contributed by atoms with van der Waals surface area (Å²) in [4.78, 5) is 38.1. The second kappa shape index (κ2) is 13.0. The van der Waals surface area contributed by atoms with Crippen LogP contribution in [-0.2, 0) is 6.54 Å². The number of amides is 2. The standard InChI is InChI=1S/C24H32N4O3.ClH/c1-2-26-23(30)21-15-20(17-28(24(21)31)16-19-7-4-3-5-8-19)22(29)27-12-6-9-18-10-13-25-14-11-18;/h3-5,7-8,15,17-18,25H,2,6,9-14,16H2,1H3,(H,26,30)(H,27,29);1H. The Bertz CT molecular complexity index is 940. The molecular weight excluding hydrogens is 428 g/mol. The van der Waals surface area contributed by atoms with E-state index in [0.717, 1.165) is 37.4 Å². The number of rotatable bonds is 9. The molecule has 8 heteroatoms. The molecule has 0 bridgehead atoms. The molecule has 0 saturated carbocycles. The molecule has 1 aromatic heterocycles. The highest BCUT2D eigenvalue weighted by molar-refractivity contribution is 5.99. The molecular formula is C24H33ClN4O3. The topological polar surface area (TPSA) is 92.2 Å². The molecule has 1 aliphatic rings. The van der Waals surface area contributed by atoms with Crippen molar-refractivity contribution in [1.82, 2.24) is 20.5 Å². The lowest BCUT2D eigenvalue weighted by molar-refractivity contribution is 0.0951. The Morgan fingerprint density at radius 1 is 1.09 bits per heavy atom. The lowest BCUT2D eigenvalue weighted by Crippen LogP contribution is -2.35. The third kappa shape index (κ3) is 7.21. The molecule has 1 aromatic carbocycles. The first kappa shape index (κ1) is 25.6. The van der Waals surface area contributed by atoms with E-state index in [1.54, 1.807) is 13.1 Å². The van der Waals surface area contributed by atoms with Crippen molar-refractivity contribution < 1.29 is 9.59 Å². The number of halogens is 1. The molecule has 3 rings (SSSR count). The van der Waals surface area contributed by atoms with Gasteiger partial charge in [-0.3, -0.25) is 14.4 Å². The van der Waals surface area contributed by atoms with Gasteiger partial charge in [0, 0.05) is 19.3 Å². The third-order valence-corrected chi connectivity index (χ3v) is 5.66. The monoisotopic (exact) mass is 460 g/mol. The summed E-state index contributed by atoms with van der Waals surface area (Å²) in [6, 6.07) is 10.9. The Morgan fingerprint density at radius 3 is 2.50 bits per heavy atom. The predicted molar refractivity (Wildman–Crippen MR) is 129 cm³/mol. The van der Waals surface area contributed by atoms with E-state index in [1.807, 2.05) is 30.3 Å². The zero-order chi connectivity index (χ0) is 22.1. The molecule has 0 atom stereocenters. The van der Waals surface area contributed by atoms with Crippen LogP contribution in [0.2, 0.25) is 0 Å². The number of hydrogen-bond donors (Lipinski definition) is 3. The molecule has 0 aliphatic carbocycles. The van der Waals surface area contributed by atoms with Gasteiger partial charge in [0.05, 0.1) is 12.1 Å². The number of hydrogen-bond acceptors (Lipinski definition) is 4. The van der Waals surface area contributed by atoms with Crippen LogP contribution in [0.4, 0.5) is 0 Å². The van der Waals surface area contributed by atoms with E-state index in [-0.39, 0.29) is 23.9 Å². The predicted octanol–water partition coefficient (Wildman–Crippen LogP) is 2.58. The number of carbonyl (C=O) groups excluding carboxylic acids is 2. The first-order valence-corrected chi connectivity index (χ1v) is 11.1. The smallest absolute Gasteiger partial charge is 0.263 e. The number of benzene rings is 1. The fourth-order valence-electron chi connectivity index (χ4n) is 3.94. The second-order valence-electron chi connectivity index (χ2n) is 8.01. The molecule has 2 amide bonds. The summed E-state index contributed by atoms with van der Waals surface area (Å²) in [7, 11) is 0. The van der Waals surface area contributed by atoms with Crippen molar-refractivity contribution in [3.63, 3.8) is 0 Å². The van der Waals surface area contributed by atoms with E-state index < -0.39 is 11.5 Å². The molecule has 32 heavy (non-hydrogen) atoms. The highest BCUT2D eigenvalue weighted by Gasteiger charge is 2.18. The minimum atomic E-state index is -0.463. The summed E-state index contributed by atoms with van der Waals surface area (Å²) in [6.45, 7) is 5.22. The second-order valence-corrected chi connectivity index (χ2v) is 8.01. The van der Waals surface area contributed by atoms with E-state index in [9.17, 15) is 14.4 Å². The first-order valence-electron chi connectivity index (χ1n) is 11.1. The molecule has 0 radical (unpaired) electrons. The molecule has 0 unspecified atom stereocenters. The van der Waals surface area contributed by atoms with Gasteiger partial charge in [-0.05, 0) is 63.2 Å². The molecule has 2 aromatic rings. The lowest BCUT2D eigenvalue weighted by Gasteiger charge is -2.22. The van der Waals surface area contributed by atoms with Gasteiger partial charge in [0.25, 0.3) is 17.4 Å². The van der Waals surface area contributed by atoms with Crippen molar-refractivity contribution >= 4 is 24.2 Å². The zero-order valence-electron chi connectivity index (χ0n) is 18.6. The maximum absolute atomic E-state index is 12.9. The summed E-state index contributed by atoms with van der Waals surface area (Å²) in [5.74, 6) is -0.0113. The van der Waals surface area contributed by atoms with Crippen LogP contribution >= 0.6 is 12.4 Å². The number of pyridine rings is 1. The Kier molecular flexibility index (Phi) is 10.4.